The Balaban J connectivity index is 1.12. The molecule has 1 saturated heterocycles. The van der Waals surface area contributed by atoms with Crippen molar-refractivity contribution in [1.82, 2.24) is 5.32 Å². The van der Waals surface area contributed by atoms with Gasteiger partial charge in [0.1, 0.15) is 5.75 Å². The molecule has 0 bridgehead atoms. The predicted molar refractivity (Wildman–Crippen MR) is 149 cm³/mol. The van der Waals surface area contributed by atoms with E-state index in [1.807, 2.05) is 42.5 Å². The third-order valence-corrected chi connectivity index (χ3v) is 8.48. The first-order chi connectivity index (χ1) is 18.1. The molecular weight excluding hydrogens is 482 g/mol. The molecule has 1 amide bonds. The number of fused-ring (bicyclic) bond motifs is 1. The molecule has 0 saturated carbocycles. The number of nitrogens with one attached hydrogen (secondary N) is 2. The molecule has 190 valence electrons. The van der Waals surface area contributed by atoms with Crippen molar-refractivity contribution in [2.75, 3.05) is 18.4 Å². The maximum absolute atomic E-state index is 12.9. The van der Waals surface area contributed by atoms with Crippen molar-refractivity contribution in [1.29, 1.82) is 0 Å². The molecule has 0 aliphatic carbocycles. The highest BCUT2D eigenvalue weighted by molar-refractivity contribution is 8.15. The molecule has 1 spiro atoms. The van der Waals surface area contributed by atoms with Gasteiger partial charge < -0.3 is 20.1 Å². The second-order valence-electron chi connectivity index (χ2n) is 9.90. The molecule has 37 heavy (non-hydrogen) atoms. The van der Waals surface area contributed by atoms with E-state index in [0.717, 1.165) is 64.7 Å². The number of anilines is 1. The summed E-state index contributed by atoms with van der Waals surface area (Å²) >= 11 is 1.74. The zero-order chi connectivity index (χ0) is 25.2. The first-order valence-corrected chi connectivity index (χ1v) is 13.8. The average Bonchev–Trinajstić information content (AvgIpc) is 3.29. The molecule has 0 radical (unpaired) electrons. The molecule has 7 heteroatoms. The van der Waals surface area contributed by atoms with Crippen LogP contribution in [-0.2, 0) is 16.1 Å². The van der Waals surface area contributed by atoms with Gasteiger partial charge in [-0.15, -0.1) is 11.8 Å². The number of thioether (sulfide) groups is 1. The van der Waals surface area contributed by atoms with Crippen molar-refractivity contribution < 1.29 is 14.3 Å². The van der Waals surface area contributed by atoms with Gasteiger partial charge in [0.2, 0.25) is 11.7 Å². The summed E-state index contributed by atoms with van der Waals surface area (Å²) in [5, 5.41) is 7.72. The molecular formula is C30H31N3O3S. The Morgan fingerprint density at radius 3 is 2.65 bits per heavy atom. The van der Waals surface area contributed by atoms with E-state index in [9.17, 15) is 4.79 Å². The van der Waals surface area contributed by atoms with Crippen molar-refractivity contribution in [2.24, 2.45) is 4.99 Å². The van der Waals surface area contributed by atoms with Crippen LogP contribution in [0.1, 0.15) is 37.3 Å². The molecule has 3 heterocycles. The maximum atomic E-state index is 12.9. The van der Waals surface area contributed by atoms with Crippen LogP contribution in [0.25, 0.3) is 11.1 Å². The number of carbonyl (C=O) groups is 1. The first kappa shape index (κ1) is 24.2. The Morgan fingerprint density at radius 2 is 1.81 bits per heavy atom. The van der Waals surface area contributed by atoms with Gasteiger partial charge in [0.05, 0.1) is 24.1 Å². The molecule has 3 aromatic rings. The van der Waals surface area contributed by atoms with Crippen molar-refractivity contribution >= 4 is 28.4 Å². The number of benzene rings is 3. The molecule has 6 nitrogen and oxygen atoms in total. The van der Waals surface area contributed by atoms with Crippen LogP contribution in [0.5, 0.6) is 5.75 Å². The van der Waals surface area contributed by atoms with E-state index in [1.165, 1.54) is 0 Å². The number of amides is 1. The molecule has 2 N–H and O–H groups in total. The van der Waals surface area contributed by atoms with Crippen LogP contribution in [0.3, 0.4) is 0 Å². The van der Waals surface area contributed by atoms with Crippen LogP contribution in [0, 0.1) is 0 Å². The van der Waals surface area contributed by atoms with Crippen LogP contribution in [0.2, 0.25) is 0 Å². The van der Waals surface area contributed by atoms with E-state index < -0.39 is 5.79 Å². The van der Waals surface area contributed by atoms with E-state index >= 15 is 0 Å². The summed E-state index contributed by atoms with van der Waals surface area (Å²) in [5.41, 5.74) is 5.06. The molecule has 3 aliphatic heterocycles. The Labute approximate surface area is 221 Å². The van der Waals surface area contributed by atoms with Crippen LogP contribution in [0.15, 0.2) is 77.8 Å². The van der Waals surface area contributed by atoms with E-state index in [-0.39, 0.29) is 17.2 Å². The van der Waals surface area contributed by atoms with Crippen LogP contribution in [0.4, 0.5) is 5.69 Å². The fourth-order valence-corrected chi connectivity index (χ4v) is 6.25. The lowest BCUT2D eigenvalue weighted by Crippen LogP contribution is -2.49. The fourth-order valence-electron chi connectivity index (χ4n) is 5.12. The number of piperidine rings is 1. The van der Waals surface area contributed by atoms with Crippen molar-refractivity contribution in [3.8, 4) is 16.9 Å². The Bertz CT molecular complexity index is 1320. The number of carbonyl (C=O) groups excluding carboxylic acids is 1. The minimum atomic E-state index is -0.495. The van der Waals surface area contributed by atoms with Gasteiger partial charge in [-0.2, -0.15) is 0 Å². The van der Waals surface area contributed by atoms with Crippen molar-refractivity contribution in [3.63, 3.8) is 0 Å². The Morgan fingerprint density at radius 1 is 1.03 bits per heavy atom. The largest absolute Gasteiger partial charge is 0.462 e. The van der Waals surface area contributed by atoms with Gasteiger partial charge in [-0.25, -0.2) is 0 Å². The Kier molecular flexibility index (Phi) is 6.76. The standard InChI is InChI=1S/C30H31N3O3S/c1-20-26(33-29(37-20)21-6-3-2-4-7-21)18-28(34)32-25-9-5-8-22(17-25)23-10-11-27-24(16-23)19-35-30(36-27)12-14-31-15-13-30/h2-11,16-17,20,26,31H,12-15,18-19H2,1H3,(H,32,34). The van der Waals surface area contributed by atoms with Crippen LogP contribution in [-0.4, -0.2) is 41.1 Å². The minimum Gasteiger partial charge on any atom is -0.462 e. The van der Waals surface area contributed by atoms with E-state index in [4.69, 9.17) is 14.5 Å². The molecule has 3 aliphatic rings. The number of hydrogen-bond donors (Lipinski definition) is 2. The normalized spacial score (nSPS) is 22.1. The van der Waals surface area contributed by atoms with Gasteiger partial charge >= 0.3 is 0 Å². The number of rotatable bonds is 5. The second kappa shape index (κ2) is 10.3. The Hall–Kier alpha value is -3.13. The number of hydrogen-bond acceptors (Lipinski definition) is 6. The highest BCUT2D eigenvalue weighted by Crippen LogP contribution is 2.38. The maximum Gasteiger partial charge on any atom is 0.226 e. The average molecular weight is 514 g/mol. The zero-order valence-corrected chi connectivity index (χ0v) is 21.7. The molecule has 3 aromatic carbocycles. The third kappa shape index (κ3) is 5.30. The summed E-state index contributed by atoms with van der Waals surface area (Å²) in [7, 11) is 0. The van der Waals surface area contributed by atoms with Crippen molar-refractivity contribution in [3.05, 3.63) is 83.9 Å². The SMILES string of the molecule is CC1SC(c2ccccc2)=NC1CC(=O)Nc1cccc(-c2ccc3c(c2)COC2(CCNCC2)O3)c1. The number of ether oxygens (including phenoxy) is 2. The monoisotopic (exact) mass is 513 g/mol. The molecule has 0 aromatic heterocycles. The predicted octanol–water partition coefficient (Wildman–Crippen LogP) is 5.62. The lowest BCUT2D eigenvalue weighted by Gasteiger charge is -2.41. The van der Waals surface area contributed by atoms with E-state index in [1.54, 1.807) is 11.8 Å². The van der Waals surface area contributed by atoms with E-state index in [0.29, 0.717) is 13.0 Å². The summed E-state index contributed by atoms with van der Waals surface area (Å²) < 4.78 is 12.5. The van der Waals surface area contributed by atoms with Gasteiger partial charge in [0, 0.05) is 48.0 Å². The summed E-state index contributed by atoms with van der Waals surface area (Å²) in [5.74, 6) is 0.387. The van der Waals surface area contributed by atoms with Gasteiger partial charge in [0.25, 0.3) is 0 Å². The van der Waals surface area contributed by atoms with E-state index in [2.05, 4.69) is 47.9 Å². The summed E-state index contributed by atoms with van der Waals surface area (Å²) in [6.07, 6.45) is 2.07. The summed E-state index contributed by atoms with van der Waals surface area (Å²) in [4.78, 5) is 17.8. The quantitative estimate of drug-likeness (QED) is 0.463. The topological polar surface area (TPSA) is 72.0 Å². The molecule has 2 unspecified atom stereocenters. The first-order valence-electron chi connectivity index (χ1n) is 12.9. The van der Waals surface area contributed by atoms with Gasteiger partial charge in [0.15, 0.2) is 0 Å². The lowest BCUT2D eigenvalue weighted by molar-refractivity contribution is -0.218. The van der Waals surface area contributed by atoms with Gasteiger partial charge in [-0.1, -0.05) is 55.5 Å². The molecule has 6 rings (SSSR count). The zero-order valence-electron chi connectivity index (χ0n) is 20.9. The third-order valence-electron chi connectivity index (χ3n) is 7.23. The van der Waals surface area contributed by atoms with Crippen LogP contribution < -0.4 is 15.4 Å². The van der Waals surface area contributed by atoms with Gasteiger partial charge in [-0.05, 0) is 35.4 Å². The van der Waals surface area contributed by atoms with Gasteiger partial charge in [-0.3, -0.25) is 9.79 Å². The number of nitrogens with zero attached hydrogens (tertiary/aromatic N) is 1. The summed E-state index contributed by atoms with van der Waals surface area (Å²) in [6, 6.07) is 24.4. The lowest BCUT2D eigenvalue weighted by atomic mass is 9.99. The number of aliphatic imine (C=N–C) groups is 1. The minimum absolute atomic E-state index is 0.0211. The fraction of sp³-hybridized carbons (Fsp3) is 0.333. The molecule has 1 fully saturated rings. The second-order valence-corrected chi connectivity index (χ2v) is 11.3. The smallest absolute Gasteiger partial charge is 0.226 e. The van der Waals surface area contributed by atoms with Crippen molar-refractivity contribution in [2.45, 2.75) is 49.9 Å². The highest BCUT2D eigenvalue weighted by Gasteiger charge is 2.39. The van der Waals surface area contributed by atoms with Crippen LogP contribution >= 0.6 is 11.8 Å². The summed E-state index contributed by atoms with van der Waals surface area (Å²) in [6.45, 7) is 4.50. The molecule has 2 atom stereocenters. The highest BCUT2D eigenvalue weighted by atomic mass is 32.2.